The van der Waals surface area contributed by atoms with Gasteiger partial charge in [0, 0.05) is 5.56 Å². The maximum Gasteiger partial charge on any atom is 0.255 e. The maximum absolute atomic E-state index is 11.9. The first-order valence-corrected chi connectivity index (χ1v) is 6.67. The predicted octanol–water partition coefficient (Wildman–Crippen LogP) is 2.43. The summed E-state index contributed by atoms with van der Waals surface area (Å²) in [5.74, 6) is 0.571. The van der Waals surface area contributed by atoms with E-state index in [1.54, 1.807) is 0 Å². The summed E-state index contributed by atoms with van der Waals surface area (Å²) in [6.07, 6.45) is 2.79. The number of rotatable bonds is 3. The molecule has 2 aromatic rings. The third-order valence-corrected chi connectivity index (χ3v) is 3.59. The van der Waals surface area contributed by atoms with Gasteiger partial charge in [0.2, 0.25) is 5.95 Å². The van der Waals surface area contributed by atoms with Crippen LogP contribution in [0.4, 0.5) is 5.95 Å². The van der Waals surface area contributed by atoms with E-state index in [2.05, 4.69) is 34.3 Å². The smallest absolute Gasteiger partial charge is 0.255 e. The van der Waals surface area contributed by atoms with Crippen LogP contribution in [0.25, 0.3) is 0 Å². The second-order valence-electron chi connectivity index (χ2n) is 4.97. The molecule has 0 spiro atoms. The van der Waals surface area contributed by atoms with Crippen molar-refractivity contribution >= 4 is 5.95 Å². The number of aryl methyl sites for hydroxylation is 1. The zero-order valence-corrected chi connectivity index (χ0v) is 10.9. The number of nitrogens with zero attached hydrogens (tertiary/aromatic N) is 1. The Bertz CT molecular complexity index is 634. The molecular weight excluding hydrogens is 238 g/mol. The normalized spacial score (nSPS) is 15.0. The summed E-state index contributed by atoms with van der Waals surface area (Å²) < 4.78 is 0. The standard InChI is InChI=1S/C15H17N3O/c1-10(11-6-3-2-4-7-11)16-15-17-13-9-5-8-12(13)14(19)18-15/h2-4,6-7,10H,5,8-9H2,1H3,(H2,16,17,18,19). The van der Waals surface area contributed by atoms with Crippen molar-refractivity contribution in [1.29, 1.82) is 0 Å². The van der Waals surface area contributed by atoms with E-state index < -0.39 is 0 Å². The molecule has 3 rings (SSSR count). The van der Waals surface area contributed by atoms with Gasteiger partial charge in [-0.2, -0.15) is 0 Å². The van der Waals surface area contributed by atoms with Crippen molar-refractivity contribution < 1.29 is 0 Å². The summed E-state index contributed by atoms with van der Waals surface area (Å²) in [4.78, 5) is 19.3. The van der Waals surface area contributed by atoms with Crippen LogP contribution < -0.4 is 10.9 Å². The molecule has 0 saturated carbocycles. The third kappa shape index (κ3) is 2.38. The number of fused-ring (bicyclic) bond motifs is 1. The lowest BCUT2D eigenvalue weighted by atomic mass is 10.1. The second-order valence-corrected chi connectivity index (χ2v) is 4.97. The Balaban J connectivity index is 1.85. The van der Waals surface area contributed by atoms with Crippen LogP contribution >= 0.6 is 0 Å². The Kier molecular flexibility index (Phi) is 3.07. The molecule has 1 atom stereocenters. The summed E-state index contributed by atoms with van der Waals surface area (Å²) in [5, 5.41) is 3.26. The fraction of sp³-hybridized carbons (Fsp3) is 0.333. The van der Waals surface area contributed by atoms with Gasteiger partial charge in [0.15, 0.2) is 0 Å². The third-order valence-electron chi connectivity index (χ3n) is 3.59. The topological polar surface area (TPSA) is 57.8 Å². The van der Waals surface area contributed by atoms with E-state index >= 15 is 0 Å². The molecule has 1 heterocycles. The van der Waals surface area contributed by atoms with Crippen LogP contribution in [0.3, 0.4) is 0 Å². The van der Waals surface area contributed by atoms with E-state index in [-0.39, 0.29) is 11.6 Å². The van der Waals surface area contributed by atoms with Crippen molar-refractivity contribution in [3.63, 3.8) is 0 Å². The minimum absolute atomic E-state index is 0.00487. The van der Waals surface area contributed by atoms with E-state index in [1.807, 2.05) is 18.2 Å². The van der Waals surface area contributed by atoms with Crippen molar-refractivity contribution in [2.24, 2.45) is 0 Å². The average Bonchev–Trinajstić information content (AvgIpc) is 2.88. The Morgan fingerprint density at radius 2 is 2.05 bits per heavy atom. The molecule has 0 aliphatic heterocycles. The van der Waals surface area contributed by atoms with Gasteiger partial charge in [0.05, 0.1) is 11.7 Å². The second kappa shape index (κ2) is 4.88. The van der Waals surface area contributed by atoms with E-state index in [9.17, 15) is 4.79 Å². The van der Waals surface area contributed by atoms with Gasteiger partial charge in [-0.05, 0) is 31.7 Å². The molecule has 0 saturated heterocycles. The number of anilines is 1. The van der Waals surface area contributed by atoms with Crippen molar-refractivity contribution in [2.75, 3.05) is 5.32 Å². The van der Waals surface area contributed by atoms with Gasteiger partial charge in [0.1, 0.15) is 0 Å². The minimum atomic E-state index is 0.00487. The predicted molar refractivity (Wildman–Crippen MR) is 75.4 cm³/mol. The molecule has 0 radical (unpaired) electrons. The molecule has 0 bridgehead atoms. The SMILES string of the molecule is CC(Nc1nc2c(c(=O)[nH]1)CCC2)c1ccccc1. The molecule has 19 heavy (non-hydrogen) atoms. The van der Waals surface area contributed by atoms with Crippen LogP contribution in [0.1, 0.15) is 36.2 Å². The van der Waals surface area contributed by atoms with E-state index in [1.165, 1.54) is 5.56 Å². The zero-order valence-electron chi connectivity index (χ0n) is 10.9. The van der Waals surface area contributed by atoms with Crippen molar-refractivity contribution in [3.05, 3.63) is 57.5 Å². The van der Waals surface area contributed by atoms with E-state index in [0.717, 1.165) is 30.5 Å². The number of benzene rings is 1. The number of hydrogen-bond donors (Lipinski definition) is 2. The lowest BCUT2D eigenvalue weighted by molar-refractivity contribution is 0.848. The van der Waals surface area contributed by atoms with Gasteiger partial charge < -0.3 is 5.32 Å². The van der Waals surface area contributed by atoms with Crippen LogP contribution in [0.15, 0.2) is 35.1 Å². The van der Waals surface area contributed by atoms with Gasteiger partial charge in [-0.3, -0.25) is 9.78 Å². The van der Waals surface area contributed by atoms with Gasteiger partial charge in [-0.25, -0.2) is 4.98 Å². The molecule has 1 unspecified atom stereocenters. The fourth-order valence-corrected chi connectivity index (χ4v) is 2.54. The van der Waals surface area contributed by atoms with Gasteiger partial charge in [0.25, 0.3) is 5.56 Å². The van der Waals surface area contributed by atoms with Crippen molar-refractivity contribution in [2.45, 2.75) is 32.2 Å². The van der Waals surface area contributed by atoms with Gasteiger partial charge in [-0.1, -0.05) is 30.3 Å². The number of hydrogen-bond acceptors (Lipinski definition) is 3. The van der Waals surface area contributed by atoms with E-state index in [0.29, 0.717) is 5.95 Å². The molecule has 1 aromatic carbocycles. The highest BCUT2D eigenvalue weighted by Gasteiger charge is 2.17. The van der Waals surface area contributed by atoms with Crippen LogP contribution in [0, 0.1) is 0 Å². The maximum atomic E-state index is 11.9. The molecule has 0 fully saturated rings. The highest BCUT2D eigenvalue weighted by molar-refractivity contribution is 5.35. The average molecular weight is 255 g/mol. The first kappa shape index (κ1) is 12.0. The Morgan fingerprint density at radius 1 is 1.26 bits per heavy atom. The molecule has 4 heteroatoms. The lowest BCUT2D eigenvalue weighted by Gasteiger charge is -2.15. The molecule has 2 N–H and O–H groups in total. The zero-order chi connectivity index (χ0) is 13.2. The monoisotopic (exact) mass is 255 g/mol. The highest BCUT2D eigenvalue weighted by Crippen LogP contribution is 2.19. The molecule has 1 aliphatic rings. The first-order chi connectivity index (χ1) is 9.24. The summed E-state index contributed by atoms with van der Waals surface area (Å²) >= 11 is 0. The summed E-state index contributed by atoms with van der Waals surface area (Å²) in [7, 11) is 0. The van der Waals surface area contributed by atoms with Gasteiger partial charge in [-0.15, -0.1) is 0 Å². The van der Waals surface area contributed by atoms with Gasteiger partial charge >= 0.3 is 0 Å². The Labute approximate surface area is 111 Å². The molecule has 1 aliphatic carbocycles. The summed E-state index contributed by atoms with van der Waals surface area (Å²) in [6.45, 7) is 2.06. The minimum Gasteiger partial charge on any atom is -0.349 e. The fourth-order valence-electron chi connectivity index (χ4n) is 2.54. The molecule has 4 nitrogen and oxygen atoms in total. The molecular formula is C15H17N3O. The number of aromatic amines is 1. The molecule has 1 aromatic heterocycles. The van der Waals surface area contributed by atoms with Crippen molar-refractivity contribution in [1.82, 2.24) is 9.97 Å². The van der Waals surface area contributed by atoms with Crippen LogP contribution in [0.2, 0.25) is 0 Å². The van der Waals surface area contributed by atoms with Crippen LogP contribution in [-0.4, -0.2) is 9.97 Å². The molecule has 98 valence electrons. The Morgan fingerprint density at radius 3 is 2.84 bits per heavy atom. The number of aromatic nitrogens is 2. The highest BCUT2D eigenvalue weighted by atomic mass is 16.1. The lowest BCUT2D eigenvalue weighted by Crippen LogP contribution is -2.19. The number of H-pyrrole nitrogens is 1. The molecule has 0 amide bonds. The van der Waals surface area contributed by atoms with Crippen molar-refractivity contribution in [3.8, 4) is 0 Å². The summed E-state index contributed by atoms with van der Waals surface area (Å²) in [6, 6.07) is 10.2. The van der Waals surface area contributed by atoms with Crippen LogP contribution in [-0.2, 0) is 12.8 Å². The largest absolute Gasteiger partial charge is 0.349 e. The quantitative estimate of drug-likeness (QED) is 0.885. The first-order valence-electron chi connectivity index (χ1n) is 6.67. The summed E-state index contributed by atoms with van der Waals surface area (Å²) in [5.41, 5.74) is 2.99. The number of nitrogens with one attached hydrogen (secondary N) is 2. The van der Waals surface area contributed by atoms with E-state index in [4.69, 9.17) is 0 Å². The van der Waals surface area contributed by atoms with Crippen LogP contribution in [0.5, 0.6) is 0 Å². The Hall–Kier alpha value is -2.10.